The first kappa shape index (κ1) is 18.9. The Balaban J connectivity index is 1.58. The van der Waals surface area contributed by atoms with E-state index in [9.17, 15) is 4.79 Å². The van der Waals surface area contributed by atoms with Gasteiger partial charge in [-0.3, -0.25) is 10.1 Å². The largest absolute Gasteiger partial charge is 0.297 e. The zero-order valence-corrected chi connectivity index (χ0v) is 17.4. The van der Waals surface area contributed by atoms with Crippen molar-refractivity contribution >= 4 is 22.6 Å². The van der Waals surface area contributed by atoms with Crippen LogP contribution < -0.4 is 5.32 Å². The van der Waals surface area contributed by atoms with E-state index >= 15 is 0 Å². The molecule has 0 spiro atoms. The van der Waals surface area contributed by atoms with Gasteiger partial charge in [0.15, 0.2) is 11.5 Å². The molecule has 1 N–H and O–H groups in total. The number of aryl methyl sites for hydroxylation is 3. The van der Waals surface area contributed by atoms with Crippen LogP contribution in [0.2, 0.25) is 0 Å². The van der Waals surface area contributed by atoms with Crippen molar-refractivity contribution in [2.45, 2.75) is 27.7 Å². The Morgan fingerprint density at radius 3 is 2.45 bits per heavy atom. The van der Waals surface area contributed by atoms with Crippen LogP contribution in [0.4, 0.5) is 5.13 Å². The zero-order valence-electron chi connectivity index (χ0n) is 16.6. The molecule has 4 aromatic rings. The van der Waals surface area contributed by atoms with E-state index in [1.165, 1.54) is 5.56 Å². The molecule has 29 heavy (non-hydrogen) atoms. The summed E-state index contributed by atoms with van der Waals surface area (Å²) in [7, 11) is 0. The van der Waals surface area contributed by atoms with E-state index in [-0.39, 0.29) is 5.91 Å². The van der Waals surface area contributed by atoms with Crippen LogP contribution in [0.3, 0.4) is 0 Å². The van der Waals surface area contributed by atoms with Crippen LogP contribution in [0.5, 0.6) is 0 Å². The normalized spacial score (nSPS) is 10.9. The summed E-state index contributed by atoms with van der Waals surface area (Å²) in [5.41, 5.74) is 6.38. The molecule has 0 saturated carbocycles. The van der Waals surface area contributed by atoms with E-state index < -0.39 is 0 Å². The van der Waals surface area contributed by atoms with Gasteiger partial charge < -0.3 is 0 Å². The molecule has 2 aromatic heterocycles. The Bertz CT molecular complexity index is 1190. The third kappa shape index (κ3) is 3.79. The number of hydrogen-bond donors (Lipinski definition) is 1. The molecule has 2 aromatic carbocycles. The minimum absolute atomic E-state index is 0.219. The number of carbonyl (C=O) groups excluding carboxylic acids is 1. The lowest BCUT2D eigenvalue weighted by molar-refractivity contribution is 0.102. The van der Waals surface area contributed by atoms with Crippen LogP contribution in [0, 0.1) is 27.7 Å². The lowest BCUT2D eigenvalue weighted by Crippen LogP contribution is -2.11. The van der Waals surface area contributed by atoms with Gasteiger partial charge in [-0.15, -0.1) is 5.10 Å². The first-order valence-corrected chi connectivity index (χ1v) is 9.92. The van der Waals surface area contributed by atoms with Gasteiger partial charge in [-0.1, -0.05) is 40.6 Å². The van der Waals surface area contributed by atoms with E-state index in [0.717, 1.165) is 34.0 Å². The third-order valence-electron chi connectivity index (χ3n) is 4.65. The smallest absolute Gasteiger partial charge is 0.257 e. The quantitative estimate of drug-likeness (QED) is 0.549. The molecule has 8 heteroatoms. The second kappa shape index (κ2) is 7.56. The Kier molecular flexibility index (Phi) is 4.94. The number of benzene rings is 2. The van der Waals surface area contributed by atoms with Crippen molar-refractivity contribution in [3.63, 3.8) is 0 Å². The molecular weight excluding hydrogens is 384 g/mol. The molecule has 0 aliphatic heterocycles. The van der Waals surface area contributed by atoms with Gasteiger partial charge in [0.25, 0.3) is 5.91 Å². The van der Waals surface area contributed by atoms with E-state index in [1.807, 2.05) is 45.0 Å². The van der Waals surface area contributed by atoms with Crippen molar-refractivity contribution in [3.05, 3.63) is 70.4 Å². The molecule has 2 heterocycles. The maximum atomic E-state index is 12.4. The van der Waals surface area contributed by atoms with Crippen molar-refractivity contribution in [2.75, 3.05) is 5.32 Å². The maximum Gasteiger partial charge on any atom is 0.257 e. The monoisotopic (exact) mass is 404 g/mol. The van der Waals surface area contributed by atoms with Gasteiger partial charge in [-0.25, -0.2) is 4.68 Å². The number of anilines is 1. The molecule has 0 atom stereocenters. The predicted octanol–water partition coefficient (Wildman–Crippen LogP) is 4.27. The van der Waals surface area contributed by atoms with Crippen LogP contribution in [0.25, 0.3) is 17.2 Å². The van der Waals surface area contributed by atoms with Gasteiger partial charge in [0.1, 0.15) is 0 Å². The number of nitrogens with zero attached hydrogens (tertiary/aromatic N) is 5. The molecular formula is C21H20N6OS. The van der Waals surface area contributed by atoms with Gasteiger partial charge in [0.2, 0.25) is 5.13 Å². The summed E-state index contributed by atoms with van der Waals surface area (Å²) in [6, 6.07) is 13.5. The zero-order chi connectivity index (χ0) is 20.5. The van der Waals surface area contributed by atoms with Gasteiger partial charge in [-0.05, 0) is 51.5 Å². The maximum absolute atomic E-state index is 12.4. The van der Waals surface area contributed by atoms with Gasteiger partial charge in [-0.2, -0.15) is 9.36 Å². The minimum Gasteiger partial charge on any atom is -0.297 e. The summed E-state index contributed by atoms with van der Waals surface area (Å²) >= 11 is 1.12. The summed E-state index contributed by atoms with van der Waals surface area (Å²) < 4.78 is 6.14. The number of rotatable bonds is 4. The topological polar surface area (TPSA) is 85.6 Å². The number of amides is 1. The lowest BCUT2D eigenvalue weighted by Gasteiger charge is -2.07. The summed E-state index contributed by atoms with van der Waals surface area (Å²) in [4.78, 5) is 16.8. The lowest BCUT2D eigenvalue weighted by atomic mass is 10.1. The van der Waals surface area contributed by atoms with Crippen LogP contribution in [-0.4, -0.2) is 30.3 Å². The Morgan fingerprint density at radius 1 is 1.00 bits per heavy atom. The molecule has 0 aliphatic carbocycles. The molecule has 0 radical (unpaired) electrons. The summed E-state index contributed by atoms with van der Waals surface area (Å²) in [5, 5.41) is 11.8. The fourth-order valence-electron chi connectivity index (χ4n) is 3.05. The molecule has 7 nitrogen and oxygen atoms in total. The minimum atomic E-state index is -0.219. The number of nitrogens with one attached hydrogen (secondary N) is 1. The first-order chi connectivity index (χ1) is 13.9. The van der Waals surface area contributed by atoms with Gasteiger partial charge >= 0.3 is 0 Å². The SMILES string of the molecule is Cc1ccc(C(=O)Nc2nc(-c3nnn(-c4ccc(C)cc4C)c3C)ns2)cc1. The predicted molar refractivity (Wildman–Crippen MR) is 114 cm³/mol. The van der Waals surface area contributed by atoms with Crippen molar-refractivity contribution < 1.29 is 4.79 Å². The Labute approximate surface area is 172 Å². The van der Waals surface area contributed by atoms with Crippen molar-refractivity contribution in [3.8, 4) is 17.2 Å². The van der Waals surface area contributed by atoms with Crippen molar-refractivity contribution in [1.29, 1.82) is 0 Å². The molecule has 0 unspecified atom stereocenters. The van der Waals surface area contributed by atoms with Crippen LogP contribution in [0.1, 0.15) is 32.7 Å². The van der Waals surface area contributed by atoms with Crippen LogP contribution in [-0.2, 0) is 0 Å². The molecule has 1 amide bonds. The highest BCUT2D eigenvalue weighted by molar-refractivity contribution is 7.10. The molecule has 0 bridgehead atoms. The number of aromatic nitrogens is 5. The molecule has 0 aliphatic rings. The molecule has 0 saturated heterocycles. The van der Waals surface area contributed by atoms with Crippen LogP contribution in [0.15, 0.2) is 42.5 Å². The summed E-state index contributed by atoms with van der Waals surface area (Å²) in [6.07, 6.45) is 0. The average Bonchev–Trinajstić information content (AvgIpc) is 3.29. The summed E-state index contributed by atoms with van der Waals surface area (Å²) in [5.74, 6) is 0.228. The van der Waals surface area contributed by atoms with Gasteiger partial charge in [0.05, 0.1) is 11.4 Å². The highest BCUT2D eigenvalue weighted by Gasteiger charge is 2.18. The van der Waals surface area contributed by atoms with Crippen molar-refractivity contribution in [2.24, 2.45) is 0 Å². The van der Waals surface area contributed by atoms with E-state index in [4.69, 9.17) is 0 Å². The molecule has 146 valence electrons. The summed E-state index contributed by atoms with van der Waals surface area (Å²) in [6.45, 7) is 8.01. The Hall–Kier alpha value is -3.39. The second-order valence-corrected chi connectivity index (χ2v) is 7.72. The number of hydrogen-bond acceptors (Lipinski definition) is 6. The van der Waals surface area contributed by atoms with Gasteiger partial charge in [0, 0.05) is 17.1 Å². The fraction of sp³-hybridized carbons (Fsp3) is 0.190. The van der Waals surface area contributed by atoms with Crippen LogP contribution >= 0.6 is 11.5 Å². The molecule has 4 rings (SSSR count). The number of carbonyl (C=O) groups is 1. The standard InChI is InChI=1S/C21H20N6OS/c1-12-5-8-16(9-6-12)20(28)23-21-22-19(25-29-21)18-15(4)27(26-24-18)17-10-7-13(2)11-14(17)3/h5-11H,1-4H3,(H,22,23,25,28). The first-order valence-electron chi connectivity index (χ1n) is 9.14. The average molecular weight is 404 g/mol. The molecule has 0 fully saturated rings. The van der Waals surface area contributed by atoms with Crippen molar-refractivity contribution in [1.82, 2.24) is 24.4 Å². The third-order valence-corrected chi connectivity index (χ3v) is 5.28. The fourth-order valence-corrected chi connectivity index (χ4v) is 3.62. The van der Waals surface area contributed by atoms with E-state index in [0.29, 0.717) is 22.2 Å². The second-order valence-electron chi connectivity index (χ2n) is 6.97. The van der Waals surface area contributed by atoms with E-state index in [1.54, 1.807) is 16.8 Å². The Morgan fingerprint density at radius 2 is 1.72 bits per heavy atom. The highest BCUT2D eigenvalue weighted by Crippen LogP contribution is 2.25. The highest BCUT2D eigenvalue weighted by atomic mass is 32.1. The van der Waals surface area contributed by atoms with E-state index in [2.05, 4.69) is 38.0 Å².